The van der Waals surface area contributed by atoms with Gasteiger partial charge in [0, 0.05) is 33.1 Å². The zero-order valence-electron chi connectivity index (χ0n) is 10.5. The van der Waals surface area contributed by atoms with Gasteiger partial charge in [-0.15, -0.1) is 0 Å². The van der Waals surface area contributed by atoms with Crippen LogP contribution in [0, 0.1) is 17.8 Å². The van der Waals surface area contributed by atoms with E-state index in [1.54, 1.807) is 14.1 Å². The largest absolute Gasteiger partial charge is 0.354 e. The van der Waals surface area contributed by atoms with Crippen LogP contribution in [-0.4, -0.2) is 44.0 Å². The number of fused-ring (bicyclic) bond motifs is 1. The SMILES string of the molecule is CN(C)C(=O)NCCNC(=O)C1CC2CC2C1. The number of nitrogens with one attached hydrogen (secondary N) is 2. The Hall–Kier alpha value is -1.26. The molecule has 0 spiro atoms. The van der Waals surface area contributed by atoms with Crippen molar-refractivity contribution in [2.24, 2.45) is 17.8 Å². The van der Waals surface area contributed by atoms with Gasteiger partial charge in [-0.3, -0.25) is 4.79 Å². The molecule has 3 amide bonds. The molecule has 2 unspecified atom stereocenters. The van der Waals surface area contributed by atoms with Gasteiger partial charge >= 0.3 is 6.03 Å². The number of hydrogen-bond donors (Lipinski definition) is 2. The lowest BCUT2D eigenvalue weighted by Gasteiger charge is -2.14. The lowest BCUT2D eigenvalue weighted by atomic mass is 10.0. The molecule has 2 N–H and O–H groups in total. The van der Waals surface area contributed by atoms with E-state index < -0.39 is 0 Å². The normalized spacial score (nSPS) is 29.4. The van der Waals surface area contributed by atoms with E-state index in [0.717, 1.165) is 24.7 Å². The van der Waals surface area contributed by atoms with Gasteiger partial charge in [0.05, 0.1) is 0 Å². The third-order valence-electron chi connectivity index (χ3n) is 3.72. The monoisotopic (exact) mass is 239 g/mol. The lowest BCUT2D eigenvalue weighted by Crippen LogP contribution is -2.40. The highest BCUT2D eigenvalue weighted by molar-refractivity contribution is 5.79. The second-order valence-electron chi connectivity index (χ2n) is 5.34. The van der Waals surface area contributed by atoms with Gasteiger partial charge in [-0.05, 0) is 31.1 Å². The van der Waals surface area contributed by atoms with Crippen LogP contribution in [0.4, 0.5) is 4.79 Å². The maximum Gasteiger partial charge on any atom is 0.316 e. The molecular formula is C12H21N3O2. The minimum atomic E-state index is -0.124. The van der Waals surface area contributed by atoms with Crippen molar-refractivity contribution in [3.8, 4) is 0 Å². The van der Waals surface area contributed by atoms with Crippen molar-refractivity contribution in [3.05, 3.63) is 0 Å². The van der Waals surface area contributed by atoms with E-state index in [2.05, 4.69) is 10.6 Å². The van der Waals surface area contributed by atoms with Crippen LogP contribution in [0.2, 0.25) is 0 Å². The Morgan fingerprint density at radius 3 is 2.24 bits per heavy atom. The van der Waals surface area contributed by atoms with Crippen LogP contribution in [-0.2, 0) is 4.79 Å². The third-order valence-corrected chi connectivity index (χ3v) is 3.72. The summed E-state index contributed by atoms with van der Waals surface area (Å²) in [4.78, 5) is 24.4. The van der Waals surface area contributed by atoms with Crippen molar-refractivity contribution in [1.29, 1.82) is 0 Å². The number of rotatable bonds is 4. The quantitative estimate of drug-likeness (QED) is 0.698. The summed E-state index contributed by atoms with van der Waals surface area (Å²) in [5.74, 6) is 2.05. The molecule has 0 radical (unpaired) electrons. The van der Waals surface area contributed by atoms with Crippen molar-refractivity contribution in [2.45, 2.75) is 19.3 Å². The summed E-state index contributed by atoms with van der Waals surface area (Å²) < 4.78 is 0. The second kappa shape index (κ2) is 4.94. The van der Waals surface area contributed by atoms with Gasteiger partial charge < -0.3 is 15.5 Å². The molecule has 2 atom stereocenters. The first-order chi connectivity index (χ1) is 8.08. The van der Waals surface area contributed by atoms with Gasteiger partial charge in [0.15, 0.2) is 0 Å². The van der Waals surface area contributed by atoms with Gasteiger partial charge in [-0.25, -0.2) is 4.79 Å². The molecule has 5 nitrogen and oxygen atoms in total. The van der Waals surface area contributed by atoms with E-state index in [1.807, 2.05) is 0 Å². The Bertz CT molecular complexity index is 307. The number of amides is 3. The molecule has 0 aliphatic heterocycles. The average molecular weight is 239 g/mol. The Morgan fingerprint density at radius 2 is 1.65 bits per heavy atom. The molecule has 2 fully saturated rings. The highest BCUT2D eigenvalue weighted by Gasteiger charge is 2.47. The number of carbonyl (C=O) groups is 2. The fourth-order valence-corrected chi connectivity index (χ4v) is 2.59. The first kappa shape index (κ1) is 12.2. The van der Waals surface area contributed by atoms with E-state index in [0.29, 0.717) is 13.1 Å². The maximum atomic E-state index is 11.8. The predicted molar refractivity (Wildman–Crippen MR) is 64.4 cm³/mol. The van der Waals surface area contributed by atoms with Gasteiger partial charge in [0.1, 0.15) is 0 Å². The predicted octanol–water partition coefficient (Wildman–Crippen LogP) is 0.420. The summed E-state index contributed by atoms with van der Waals surface area (Å²) in [6.45, 7) is 1.01. The summed E-state index contributed by atoms with van der Waals surface area (Å²) in [5.41, 5.74) is 0. The molecular weight excluding hydrogens is 218 g/mol. The minimum absolute atomic E-state index is 0.124. The van der Waals surface area contributed by atoms with E-state index in [9.17, 15) is 9.59 Å². The molecule has 2 rings (SSSR count). The molecule has 0 aromatic carbocycles. The van der Waals surface area contributed by atoms with Gasteiger partial charge in [-0.1, -0.05) is 0 Å². The summed E-state index contributed by atoms with van der Waals surface area (Å²) in [7, 11) is 3.39. The second-order valence-corrected chi connectivity index (χ2v) is 5.34. The minimum Gasteiger partial charge on any atom is -0.354 e. The zero-order valence-corrected chi connectivity index (χ0v) is 10.5. The Morgan fingerprint density at radius 1 is 1.06 bits per heavy atom. The van der Waals surface area contributed by atoms with Crippen LogP contribution in [0.3, 0.4) is 0 Å². The number of hydrogen-bond acceptors (Lipinski definition) is 2. The standard InChI is InChI=1S/C12H21N3O2/c1-15(2)12(17)14-4-3-13-11(16)10-6-8-5-9(8)7-10/h8-10H,3-7H2,1-2H3,(H,13,16)(H,14,17). The highest BCUT2D eigenvalue weighted by Crippen LogP contribution is 2.54. The van der Waals surface area contributed by atoms with Crippen molar-refractivity contribution in [3.63, 3.8) is 0 Å². The smallest absolute Gasteiger partial charge is 0.316 e. The molecule has 0 bridgehead atoms. The van der Waals surface area contributed by atoms with E-state index in [4.69, 9.17) is 0 Å². The number of urea groups is 1. The topological polar surface area (TPSA) is 61.4 Å². The molecule has 5 heteroatoms. The molecule has 0 saturated heterocycles. The Balaban J connectivity index is 1.56. The van der Waals surface area contributed by atoms with Crippen LogP contribution < -0.4 is 10.6 Å². The first-order valence-electron chi connectivity index (χ1n) is 6.30. The van der Waals surface area contributed by atoms with Crippen molar-refractivity contribution >= 4 is 11.9 Å². The van der Waals surface area contributed by atoms with Gasteiger partial charge in [-0.2, -0.15) is 0 Å². The molecule has 96 valence electrons. The van der Waals surface area contributed by atoms with Crippen LogP contribution in [0.5, 0.6) is 0 Å². The van der Waals surface area contributed by atoms with Gasteiger partial charge in [0.2, 0.25) is 5.91 Å². The number of carbonyl (C=O) groups excluding carboxylic acids is 2. The summed E-state index contributed by atoms with van der Waals surface area (Å²) >= 11 is 0. The molecule has 17 heavy (non-hydrogen) atoms. The van der Waals surface area contributed by atoms with Crippen LogP contribution in [0.15, 0.2) is 0 Å². The highest BCUT2D eigenvalue weighted by atomic mass is 16.2. The zero-order chi connectivity index (χ0) is 12.4. The molecule has 0 aromatic heterocycles. The Kier molecular flexibility index (Phi) is 3.54. The van der Waals surface area contributed by atoms with Crippen LogP contribution in [0.1, 0.15) is 19.3 Å². The summed E-state index contributed by atoms with van der Waals surface area (Å²) in [6.07, 6.45) is 3.48. The fraction of sp³-hybridized carbons (Fsp3) is 0.833. The first-order valence-corrected chi connectivity index (χ1v) is 6.30. The van der Waals surface area contributed by atoms with Gasteiger partial charge in [0.25, 0.3) is 0 Å². The lowest BCUT2D eigenvalue weighted by molar-refractivity contribution is -0.125. The van der Waals surface area contributed by atoms with E-state index >= 15 is 0 Å². The average Bonchev–Trinajstić information content (AvgIpc) is 2.90. The fourth-order valence-electron chi connectivity index (χ4n) is 2.59. The molecule has 0 aromatic rings. The number of nitrogens with zero attached hydrogens (tertiary/aromatic N) is 1. The van der Waals surface area contributed by atoms with Crippen molar-refractivity contribution < 1.29 is 9.59 Å². The van der Waals surface area contributed by atoms with E-state index in [-0.39, 0.29) is 17.9 Å². The van der Waals surface area contributed by atoms with E-state index in [1.165, 1.54) is 11.3 Å². The third kappa shape index (κ3) is 3.11. The molecule has 0 heterocycles. The van der Waals surface area contributed by atoms with Crippen molar-refractivity contribution in [2.75, 3.05) is 27.2 Å². The molecule has 2 saturated carbocycles. The molecule has 2 aliphatic carbocycles. The van der Waals surface area contributed by atoms with Crippen molar-refractivity contribution in [1.82, 2.24) is 15.5 Å². The maximum absolute atomic E-state index is 11.8. The summed E-state index contributed by atoms with van der Waals surface area (Å²) in [5, 5.41) is 5.61. The Labute approximate surface area is 102 Å². The molecule has 2 aliphatic rings. The summed E-state index contributed by atoms with van der Waals surface area (Å²) in [6, 6.07) is -0.124. The van der Waals surface area contributed by atoms with Crippen LogP contribution in [0.25, 0.3) is 0 Å². The van der Waals surface area contributed by atoms with Crippen LogP contribution >= 0.6 is 0 Å².